The van der Waals surface area contributed by atoms with Crippen LogP contribution in [0.1, 0.15) is 23.8 Å². The quantitative estimate of drug-likeness (QED) is 0.687. The maximum atomic E-state index is 6.26. The summed E-state index contributed by atoms with van der Waals surface area (Å²) in [6, 6.07) is 5.84. The Morgan fingerprint density at radius 1 is 1.45 bits per heavy atom. The van der Waals surface area contributed by atoms with Gasteiger partial charge in [-0.2, -0.15) is 0 Å². The van der Waals surface area contributed by atoms with Crippen LogP contribution in [0.2, 0.25) is 0 Å². The minimum absolute atomic E-state index is 0.160. The third-order valence-electron chi connectivity index (χ3n) is 3.14. The third-order valence-corrected chi connectivity index (χ3v) is 3.97. The fourth-order valence-electron chi connectivity index (χ4n) is 2.20. The highest BCUT2D eigenvalue weighted by molar-refractivity contribution is 7.07. The molecule has 1 unspecified atom stereocenters. The largest absolute Gasteiger partial charge is 0.497 e. The zero-order valence-electron chi connectivity index (χ0n) is 11.2. The number of alkyl halides is 1. The molecule has 1 aromatic carbocycles. The SMILES string of the molecule is COc1ccc2nc(C(C)Cl)n(Cc3cscn3)c2c1. The van der Waals surface area contributed by atoms with Crippen molar-refractivity contribution in [1.29, 1.82) is 0 Å². The van der Waals surface area contributed by atoms with Gasteiger partial charge in [0.25, 0.3) is 0 Å². The first-order chi connectivity index (χ1) is 9.69. The first-order valence-electron chi connectivity index (χ1n) is 6.24. The molecule has 1 atom stereocenters. The Hall–Kier alpha value is -1.59. The first-order valence-corrected chi connectivity index (χ1v) is 7.62. The van der Waals surface area contributed by atoms with Crippen molar-refractivity contribution < 1.29 is 4.74 Å². The number of ether oxygens (including phenoxy) is 1. The van der Waals surface area contributed by atoms with Crippen LogP contribution in [0.4, 0.5) is 0 Å². The Bertz CT molecular complexity index is 721. The minimum Gasteiger partial charge on any atom is -0.497 e. The van der Waals surface area contributed by atoms with Crippen LogP contribution in [0.5, 0.6) is 5.75 Å². The Kier molecular flexibility index (Phi) is 3.63. The van der Waals surface area contributed by atoms with E-state index in [2.05, 4.69) is 14.5 Å². The molecule has 0 saturated heterocycles. The van der Waals surface area contributed by atoms with Crippen molar-refractivity contribution in [3.05, 3.63) is 40.6 Å². The highest BCUT2D eigenvalue weighted by Gasteiger charge is 2.16. The highest BCUT2D eigenvalue weighted by Crippen LogP contribution is 2.28. The molecule has 0 bridgehead atoms. The molecule has 0 aliphatic carbocycles. The van der Waals surface area contributed by atoms with Gasteiger partial charge in [-0.25, -0.2) is 9.97 Å². The first kappa shape index (κ1) is 13.4. The molecule has 0 fully saturated rings. The molecule has 0 amide bonds. The lowest BCUT2D eigenvalue weighted by molar-refractivity contribution is 0.415. The van der Waals surface area contributed by atoms with Crippen LogP contribution in [-0.4, -0.2) is 21.6 Å². The number of methoxy groups -OCH3 is 1. The van der Waals surface area contributed by atoms with Crippen molar-refractivity contribution in [3.63, 3.8) is 0 Å². The maximum Gasteiger partial charge on any atom is 0.128 e. The lowest BCUT2D eigenvalue weighted by atomic mass is 10.3. The van der Waals surface area contributed by atoms with Crippen LogP contribution in [-0.2, 0) is 6.54 Å². The predicted octanol–water partition coefficient (Wildman–Crippen LogP) is 3.85. The molecule has 4 nitrogen and oxygen atoms in total. The van der Waals surface area contributed by atoms with E-state index in [0.717, 1.165) is 28.3 Å². The molecule has 104 valence electrons. The average molecular weight is 308 g/mol. The number of imidazole rings is 1. The van der Waals surface area contributed by atoms with Crippen LogP contribution >= 0.6 is 22.9 Å². The molecule has 6 heteroatoms. The van der Waals surface area contributed by atoms with E-state index in [0.29, 0.717) is 6.54 Å². The summed E-state index contributed by atoms with van der Waals surface area (Å²) in [6.45, 7) is 2.59. The molecule has 3 rings (SSSR count). The summed E-state index contributed by atoms with van der Waals surface area (Å²) in [6.07, 6.45) is 0. The normalized spacial score (nSPS) is 12.8. The molecule has 0 N–H and O–H groups in total. The molecule has 0 aliphatic rings. The second kappa shape index (κ2) is 5.42. The minimum atomic E-state index is -0.160. The number of hydrogen-bond donors (Lipinski definition) is 0. The number of thiazole rings is 1. The molecule has 2 heterocycles. The van der Waals surface area contributed by atoms with Crippen LogP contribution in [0.25, 0.3) is 11.0 Å². The summed E-state index contributed by atoms with van der Waals surface area (Å²) in [4.78, 5) is 8.96. The molecule has 0 radical (unpaired) electrons. The van der Waals surface area contributed by atoms with Gasteiger partial charge in [-0.15, -0.1) is 22.9 Å². The molecule has 0 aliphatic heterocycles. The number of hydrogen-bond acceptors (Lipinski definition) is 4. The van der Waals surface area contributed by atoms with E-state index in [1.807, 2.05) is 36.0 Å². The third kappa shape index (κ3) is 2.39. The van der Waals surface area contributed by atoms with Crippen LogP contribution in [0.3, 0.4) is 0 Å². The fourth-order valence-corrected chi connectivity index (χ4v) is 2.91. The summed E-state index contributed by atoms with van der Waals surface area (Å²) in [7, 11) is 1.66. The summed E-state index contributed by atoms with van der Waals surface area (Å²) in [5, 5.41) is 1.88. The number of halogens is 1. The monoisotopic (exact) mass is 307 g/mol. The van der Waals surface area contributed by atoms with Crippen molar-refractivity contribution in [2.24, 2.45) is 0 Å². The average Bonchev–Trinajstić information content (AvgIpc) is 3.07. The summed E-state index contributed by atoms with van der Waals surface area (Å²) in [5.74, 6) is 1.66. The number of benzene rings is 1. The van der Waals surface area contributed by atoms with E-state index >= 15 is 0 Å². The van der Waals surface area contributed by atoms with Gasteiger partial charge in [0.1, 0.15) is 11.6 Å². The Labute approximate surface area is 126 Å². The molecule has 2 aromatic heterocycles. The van der Waals surface area contributed by atoms with E-state index in [9.17, 15) is 0 Å². The number of rotatable bonds is 4. The Balaban J connectivity index is 2.16. The molecule has 20 heavy (non-hydrogen) atoms. The number of fused-ring (bicyclic) bond motifs is 1. The van der Waals surface area contributed by atoms with Gasteiger partial charge in [0.15, 0.2) is 0 Å². The topological polar surface area (TPSA) is 39.9 Å². The van der Waals surface area contributed by atoms with Gasteiger partial charge in [0, 0.05) is 11.4 Å². The van der Waals surface area contributed by atoms with Gasteiger partial charge in [-0.1, -0.05) is 0 Å². The van der Waals surface area contributed by atoms with Gasteiger partial charge in [-0.3, -0.25) is 0 Å². The van der Waals surface area contributed by atoms with Gasteiger partial charge in [-0.05, 0) is 19.1 Å². The van der Waals surface area contributed by atoms with Crippen molar-refractivity contribution >= 4 is 34.0 Å². The molecule has 0 saturated carbocycles. The van der Waals surface area contributed by atoms with Crippen LogP contribution < -0.4 is 4.74 Å². The summed E-state index contributed by atoms with van der Waals surface area (Å²) >= 11 is 7.85. The van der Waals surface area contributed by atoms with E-state index < -0.39 is 0 Å². The van der Waals surface area contributed by atoms with Crippen LogP contribution in [0.15, 0.2) is 29.1 Å². The molecular formula is C14H14ClN3OS. The van der Waals surface area contributed by atoms with Crippen molar-refractivity contribution in [3.8, 4) is 5.75 Å². The molecule has 0 spiro atoms. The van der Waals surface area contributed by atoms with Gasteiger partial charge in [0.2, 0.25) is 0 Å². The fraction of sp³-hybridized carbons (Fsp3) is 0.286. The molecule has 3 aromatic rings. The van der Waals surface area contributed by atoms with Crippen molar-refractivity contribution in [2.45, 2.75) is 18.8 Å². The second-order valence-corrected chi connectivity index (χ2v) is 5.88. The summed E-state index contributed by atoms with van der Waals surface area (Å²) < 4.78 is 7.40. The van der Waals surface area contributed by atoms with Crippen LogP contribution in [0, 0.1) is 0 Å². The number of aromatic nitrogens is 3. The van der Waals surface area contributed by atoms with Gasteiger partial charge < -0.3 is 9.30 Å². The second-order valence-electron chi connectivity index (χ2n) is 4.51. The Morgan fingerprint density at radius 2 is 2.30 bits per heavy atom. The smallest absolute Gasteiger partial charge is 0.128 e. The van der Waals surface area contributed by atoms with E-state index in [1.54, 1.807) is 18.4 Å². The lowest BCUT2D eigenvalue weighted by Gasteiger charge is -2.09. The lowest BCUT2D eigenvalue weighted by Crippen LogP contribution is -2.06. The standard InChI is InChI=1S/C14H14ClN3OS/c1-9(15)14-17-12-4-3-11(19-2)5-13(12)18(14)6-10-7-20-8-16-10/h3-5,7-9H,6H2,1-2H3. The zero-order chi connectivity index (χ0) is 14.1. The Morgan fingerprint density at radius 3 is 2.95 bits per heavy atom. The predicted molar refractivity (Wildman–Crippen MR) is 81.8 cm³/mol. The zero-order valence-corrected chi connectivity index (χ0v) is 12.8. The van der Waals surface area contributed by atoms with Crippen molar-refractivity contribution in [1.82, 2.24) is 14.5 Å². The summed E-state index contributed by atoms with van der Waals surface area (Å²) in [5.41, 5.74) is 4.78. The van der Waals surface area contributed by atoms with E-state index in [-0.39, 0.29) is 5.38 Å². The van der Waals surface area contributed by atoms with E-state index in [4.69, 9.17) is 16.3 Å². The van der Waals surface area contributed by atoms with E-state index in [1.165, 1.54) is 0 Å². The van der Waals surface area contributed by atoms with Crippen molar-refractivity contribution in [2.75, 3.05) is 7.11 Å². The maximum absolute atomic E-state index is 6.26. The highest BCUT2D eigenvalue weighted by atomic mass is 35.5. The molecular weight excluding hydrogens is 294 g/mol. The van der Waals surface area contributed by atoms with Gasteiger partial charge in [0.05, 0.1) is 41.3 Å². The van der Waals surface area contributed by atoms with Gasteiger partial charge >= 0.3 is 0 Å². The number of nitrogens with zero attached hydrogens (tertiary/aromatic N) is 3.